The molecule has 0 aliphatic rings. The number of halogens is 3. The summed E-state index contributed by atoms with van der Waals surface area (Å²) >= 11 is 11.2. The molecule has 1 N–H and O–H groups in total. The fourth-order valence-corrected chi connectivity index (χ4v) is 1.46. The van der Waals surface area contributed by atoms with Crippen LogP contribution in [-0.2, 0) is 11.2 Å². The number of hydrogen-bond acceptors (Lipinski definition) is 1. The van der Waals surface area contributed by atoms with E-state index in [0.717, 1.165) is 6.07 Å². The van der Waals surface area contributed by atoms with E-state index in [4.69, 9.17) is 28.3 Å². The lowest BCUT2D eigenvalue weighted by Crippen LogP contribution is -1.98. The maximum absolute atomic E-state index is 13.0. The van der Waals surface area contributed by atoms with Gasteiger partial charge in [0, 0.05) is 11.4 Å². The molecule has 76 valence electrons. The van der Waals surface area contributed by atoms with Crippen molar-refractivity contribution in [1.29, 1.82) is 0 Å². The molecule has 0 heterocycles. The fourth-order valence-electron chi connectivity index (χ4n) is 1.03. The molecule has 1 aromatic carbocycles. The van der Waals surface area contributed by atoms with Gasteiger partial charge in [-0.2, -0.15) is 0 Å². The van der Waals surface area contributed by atoms with Gasteiger partial charge in [-0.3, -0.25) is 4.79 Å². The lowest BCUT2D eigenvalue weighted by Gasteiger charge is -2.04. The molecule has 1 rings (SSSR count). The Kier molecular flexibility index (Phi) is 3.72. The van der Waals surface area contributed by atoms with Gasteiger partial charge in [-0.05, 0) is 24.1 Å². The summed E-state index contributed by atoms with van der Waals surface area (Å²) in [6, 6.07) is 2.56. The normalized spacial score (nSPS) is 10.2. The van der Waals surface area contributed by atoms with E-state index >= 15 is 0 Å². The largest absolute Gasteiger partial charge is 0.481 e. The minimum Gasteiger partial charge on any atom is -0.481 e. The Morgan fingerprint density at radius 1 is 1.43 bits per heavy atom. The minimum atomic E-state index is -0.957. The zero-order valence-electron chi connectivity index (χ0n) is 7.06. The van der Waals surface area contributed by atoms with Crippen LogP contribution in [0, 0.1) is 5.82 Å². The van der Waals surface area contributed by atoms with Gasteiger partial charge in [0.2, 0.25) is 0 Å². The van der Waals surface area contributed by atoms with Crippen LogP contribution >= 0.6 is 23.2 Å². The van der Waals surface area contributed by atoms with Crippen LogP contribution < -0.4 is 0 Å². The van der Waals surface area contributed by atoms with Gasteiger partial charge >= 0.3 is 5.97 Å². The number of carboxylic acids is 1. The van der Waals surface area contributed by atoms with Crippen LogP contribution in [0.5, 0.6) is 0 Å². The van der Waals surface area contributed by atoms with E-state index in [1.165, 1.54) is 6.07 Å². The molecule has 0 unspecified atom stereocenters. The maximum atomic E-state index is 13.0. The van der Waals surface area contributed by atoms with Crippen LogP contribution in [0.3, 0.4) is 0 Å². The monoisotopic (exact) mass is 236 g/mol. The molecule has 0 bridgehead atoms. The second-order valence-electron chi connectivity index (χ2n) is 2.75. The summed E-state index contributed by atoms with van der Waals surface area (Å²) in [7, 11) is 0. The van der Waals surface area contributed by atoms with Crippen molar-refractivity contribution in [1.82, 2.24) is 0 Å². The van der Waals surface area contributed by atoms with Crippen LogP contribution in [-0.4, -0.2) is 11.1 Å². The molecule has 2 nitrogen and oxygen atoms in total. The Bertz CT molecular complexity index is 366. The molecule has 0 aliphatic carbocycles. The predicted octanol–water partition coefficient (Wildman–Crippen LogP) is 3.15. The van der Waals surface area contributed by atoms with E-state index in [-0.39, 0.29) is 22.9 Å². The molecule has 0 aliphatic heterocycles. The smallest absolute Gasteiger partial charge is 0.303 e. The molecule has 0 saturated heterocycles. The van der Waals surface area contributed by atoms with Crippen LogP contribution in [0.25, 0.3) is 0 Å². The standard InChI is InChI=1S/C9H7Cl2FO2/c10-6-3-5(1-2-8(13)14)9(11)7(12)4-6/h3-4H,1-2H2,(H,13,14). The summed E-state index contributed by atoms with van der Waals surface area (Å²) in [6.07, 6.45) is 0.0746. The Balaban J connectivity index is 2.90. The Labute approximate surface area is 90.3 Å². The first-order chi connectivity index (χ1) is 6.50. The highest BCUT2D eigenvalue weighted by atomic mass is 35.5. The van der Waals surface area contributed by atoms with E-state index in [9.17, 15) is 9.18 Å². The summed E-state index contributed by atoms with van der Waals surface area (Å²) in [4.78, 5) is 10.3. The highest BCUT2D eigenvalue weighted by Gasteiger charge is 2.09. The van der Waals surface area contributed by atoms with Gasteiger partial charge in [-0.1, -0.05) is 23.2 Å². The number of rotatable bonds is 3. The van der Waals surface area contributed by atoms with E-state index in [1.807, 2.05) is 0 Å². The van der Waals surface area contributed by atoms with Gasteiger partial charge < -0.3 is 5.11 Å². The Morgan fingerprint density at radius 2 is 2.07 bits per heavy atom. The Hall–Kier alpha value is -0.800. The zero-order valence-corrected chi connectivity index (χ0v) is 8.57. The van der Waals surface area contributed by atoms with Crippen LogP contribution in [0.4, 0.5) is 4.39 Å². The first kappa shape index (κ1) is 11.3. The third-order valence-corrected chi connectivity index (χ3v) is 2.32. The molecular weight excluding hydrogens is 230 g/mol. The summed E-state index contributed by atoms with van der Waals surface area (Å²) in [5, 5.41) is 8.59. The molecule has 0 aromatic heterocycles. The van der Waals surface area contributed by atoms with Gasteiger partial charge in [0.1, 0.15) is 5.82 Å². The molecule has 5 heteroatoms. The molecule has 0 spiro atoms. The van der Waals surface area contributed by atoms with Crippen LogP contribution in [0.15, 0.2) is 12.1 Å². The van der Waals surface area contributed by atoms with Crippen molar-refractivity contribution in [2.45, 2.75) is 12.8 Å². The quantitative estimate of drug-likeness (QED) is 0.820. The number of carbonyl (C=O) groups is 1. The number of hydrogen-bond donors (Lipinski definition) is 1. The second-order valence-corrected chi connectivity index (χ2v) is 3.57. The van der Waals surface area contributed by atoms with Gasteiger partial charge in [-0.25, -0.2) is 4.39 Å². The topological polar surface area (TPSA) is 37.3 Å². The number of aliphatic carboxylic acids is 1. The van der Waals surface area contributed by atoms with E-state index in [0.29, 0.717) is 5.56 Å². The zero-order chi connectivity index (χ0) is 10.7. The first-order valence-electron chi connectivity index (χ1n) is 3.86. The van der Waals surface area contributed by atoms with Gasteiger partial charge in [-0.15, -0.1) is 0 Å². The van der Waals surface area contributed by atoms with E-state index in [2.05, 4.69) is 0 Å². The molecule has 0 amide bonds. The summed E-state index contributed by atoms with van der Waals surface area (Å²) < 4.78 is 13.0. The number of aryl methyl sites for hydroxylation is 1. The number of carboxylic acid groups (broad SMARTS) is 1. The van der Waals surface area contributed by atoms with Crippen molar-refractivity contribution < 1.29 is 14.3 Å². The molecule has 14 heavy (non-hydrogen) atoms. The van der Waals surface area contributed by atoms with Gasteiger partial charge in [0.05, 0.1) is 5.02 Å². The first-order valence-corrected chi connectivity index (χ1v) is 4.61. The molecule has 0 radical (unpaired) electrons. The lowest BCUT2D eigenvalue weighted by atomic mass is 10.1. The fraction of sp³-hybridized carbons (Fsp3) is 0.222. The predicted molar refractivity (Wildman–Crippen MR) is 52.4 cm³/mol. The molecular formula is C9H7Cl2FO2. The second kappa shape index (κ2) is 4.62. The Morgan fingerprint density at radius 3 is 2.64 bits per heavy atom. The average Bonchev–Trinajstić information content (AvgIpc) is 2.08. The molecule has 0 atom stereocenters. The third kappa shape index (κ3) is 2.86. The highest BCUT2D eigenvalue weighted by molar-refractivity contribution is 6.33. The highest BCUT2D eigenvalue weighted by Crippen LogP contribution is 2.25. The summed E-state index contributed by atoms with van der Waals surface area (Å²) in [6.45, 7) is 0. The van der Waals surface area contributed by atoms with Crippen LogP contribution in [0.2, 0.25) is 10.0 Å². The van der Waals surface area contributed by atoms with Crippen molar-refractivity contribution in [2.24, 2.45) is 0 Å². The van der Waals surface area contributed by atoms with Gasteiger partial charge in [0.25, 0.3) is 0 Å². The molecule has 0 fully saturated rings. The summed E-state index contributed by atoms with van der Waals surface area (Å²) in [5.41, 5.74) is 0.416. The third-order valence-electron chi connectivity index (χ3n) is 1.68. The van der Waals surface area contributed by atoms with Crippen molar-refractivity contribution >= 4 is 29.2 Å². The molecule has 0 saturated carbocycles. The molecule has 1 aromatic rings. The van der Waals surface area contributed by atoms with Crippen molar-refractivity contribution in [3.05, 3.63) is 33.6 Å². The van der Waals surface area contributed by atoms with Crippen molar-refractivity contribution in [2.75, 3.05) is 0 Å². The van der Waals surface area contributed by atoms with E-state index in [1.54, 1.807) is 0 Å². The maximum Gasteiger partial charge on any atom is 0.303 e. The van der Waals surface area contributed by atoms with Crippen molar-refractivity contribution in [3.63, 3.8) is 0 Å². The lowest BCUT2D eigenvalue weighted by molar-refractivity contribution is -0.136. The van der Waals surface area contributed by atoms with Crippen molar-refractivity contribution in [3.8, 4) is 0 Å². The minimum absolute atomic E-state index is 0.0596. The summed E-state index contributed by atoms with van der Waals surface area (Å²) in [5.74, 6) is -1.58. The van der Waals surface area contributed by atoms with E-state index < -0.39 is 11.8 Å². The SMILES string of the molecule is O=C(O)CCc1cc(Cl)cc(F)c1Cl. The number of benzene rings is 1. The van der Waals surface area contributed by atoms with Gasteiger partial charge in [0.15, 0.2) is 0 Å². The van der Waals surface area contributed by atoms with Crippen LogP contribution in [0.1, 0.15) is 12.0 Å². The average molecular weight is 237 g/mol.